The first-order valence-corrected chi connectivity index (χ1v) is 7.92. The van der Waals surface area contributed by atoms with Crippen LogP contribution < -0.4 is 10.9 Å². The predicted molar refractivity (Wildman–Crippen MR) is 92.1 cm³/mol. The Hall–Kier alpha value is -2.67. The Balaban J connectivity index is 2.18. The molecule has 0 spiro atoms. The van der Waals surface area contributed by atoms with Gasteiger partial charge >= 0.3 is 0 Å². The van der Waals surface area contributed by atoms with E-state index < -0.39 is 6.04 Å². The number of H-pyrrole nitrogens is 1. The van der Waals surface area contributed by atoms with Crippen LogP contribution in [0.25, 0.3) is 21.8 Å². The van der Waals surface area contributed by atoms with Crippen LogP contribution in [-0.2, 0) is 9.53 Å². The van der Waals surface area contributed by atoms with Gasteiger partial charge in [0.15, 0.2) is 0 Å². The van der Waals surface area contributed by atoms with E-state index in [0.29, 0.717) is 25.1 Å². The van der Waals surface area contributed by atoms with Crippen LogP contribution >= 0.6 is 0 Å². The van der Waals surface area contributed by atoms with Gasteiger partial charge in [-0.05, 0) is 12.5 Å². The van der Waals surface area contributed by atoms with Crippen molar-refractivity contribution in [1.82, 2.24) is 20.1 Å². The molecule has 7 nitrogen and oxygen atoms in total. The maximum Gasteiger partial charge on any atom is 0.288 e. The lowest BCUT2D eigenvalue weighted by Gasteiger charge is -2.19. The van der Waals surface area contributed by atoms with Crippen molar-refractivity contribution in [3.63, 3.8) is 0 Å². The molecule has 2 heterocycles. The van der Waals surface area contributed by atoms with E-state index in [1.165, 1.54) is 0 Å². The van der Waals surface area contributed by atoms with E-state index in [-0.39, 0.29) is 11.5 Å². The monoisotopic (exact) mass is 328 g/mol. The first kappa shape index (κ1) is 16.2. The van der Waals surface area contributed by atoms with E-state index in [9.17, 15) is 9.59 Å². The van der Waals surface area contributed by atoms with Gasteiger partial charge in [0.2, 0.25) is 5.91 Å². The summed E-state index contributed by atoms with van der Waals surface area (Å²) in [7, 11) is 1.59. The number of aromatic nitrogens is 3. The zero-order valence-corrected chi connectivity index (χ0v) is 13.7. The van der Waals surface area contributed by atoms with Crippen LogP contribution in [0.1, 0.15) is 19.4 Å². The topological polar surface area (TPSA) is 89.0 Å². The molecule has 0 radical (unpaired) electrons. The smallest absolute Gasteiger partial charge is 0.288 e. The lowest BCUT2D eigenvalue weighted by atomic mass is 10.2. The van der Waals surface area contributed by atoms with E-state index in [1.54, 1.807) is 13.3 Å². The molecular formula is C17H20N4O3. The standard InChI is InChI=1S/C17H20N4O3/c1-3-13(16(22)18-8-9-24-2)21-14-7-5-4-6-11(14)12-10-19-20-17(23)15(12)21/h4-7,10,13H,3,8-9H2,1-2H3,(H,18,22)(H,20,23). The molecule has 2 N–H and O–H groups in total. The second-order valence-corrected chi connectivity index (χ2v) is 5.56. The third kappa shape index (κ3) is 2.67. The highest BCUT2D eigenvalue weighted by Gasteiger charge is 2.24. The van der Waals surface area contributed by atoms with Crippen LogP contribution in [0.3, 0.4) is 0 Å². The van der Waals surface area contributed by atoms with Crippen molar-refractivity contribution < 1.29 is 9.53 Å². The number of methoxy groups -OCH3 is 1. The summed E-state index contributed by atoms with van der Waals surface area (Å²) < 4.78 is 6.78. The molecule has 24 heavy (non-hydrogen) atoms. The second kappa shape index (κ2) is 6.84. The molecule has 0 bridgehead atoms. The molecule has 7 heteroatoms. The van der Waals surface area contributed by atoms with Gasteiger partial charge in [0.05, 0.1) is 18.3 Å². The summed E-state index contributed by atoms with van der Waals surface area (Å²) in [6.07, 6.45) is 2.19. The predicted octanol–water partition coefficient (Wildman–Crippen LogP) is 1.59. The number of carbonyl (C=O) groups is 1. The molecule has 2 aromatic heterocycles. The van der Waals surface area contributed by atoms with Crippen LogP contribution in [0.2, 0.25) is 0 Å². The largest absolute Gasteiger partial charge is 0.383 e. The average Bonchev–Trinajstić information content (AvgIpc) is 2.92. The maximum atomic E-state index is 12.6. The number of amides is 1. The minimum atomic E-state index is -0.479. The quantitative estimate of drug-likeness (QED) is 0.673. The van der Waals surface area contributed by atoms with E-state index in [2.05, 4.69) is 15.5 Å². The molecule has 1 amide bonds. The van der Waals surface area contributed by atoms with Crippen LogP contribution in [0.15, 0.2) is 35.3 Å². The lowest BCUT2D eigenvalue weighted by Crippen LogP contribution is -2.35. The summed E-state index contributed by atoms with van der Waals surface area (Å²) in [6.45, 7) is 2.80. The number of carbonyl (C=O) groups excluding carboxylic acids is 1. The van der Waals surface area contributed by atoms with Crippen molar-refractivity contribution >= 4 is 27.7 Å². The molecule has 0 saturated carbocycles. The Kier molecular flexibility index (Phi) is 4.61. The number of nitrogens with zero attached hydrogens (tertiary/aromatic N) is 2. The molecule has 1 aromatic carbocycles. The van der Waals surface area contributed by atoms with Gasteiger partial charge in [0.25, 0.3) is 5.56 Å². The van der Waals surface area contributed by atoms with E-state index in [1.807, 2.05) is 35.8 Å². The SMILES string of the molecule is CCC(C(=O)NCCOC)n1c2ccccc2c2cn[nH]c(=O)c21. The van der Waals surface area contributed by atoms with Crippen molar-refractivity contribution in [1.29, 1.82) is 0 Å². The van der Waals surface area contributed by atoms with E-state index >= 15 is 0 Å². The summed E-state index contributed by atoms with van der Waals surface area (Å²) in [5.74, 6) is -0.131. The Morgan fingerprint density at radius 1 is 1.38 bits per heavy atom. The fourth-order valence-corrected chi connectivity index (χ4v) is 3.06. The van der Waals surface area contributed by atoms with Crippen LogP contribution in [0.5, 0.6) is 0 Å². The van der Waals surface area contributed by atoms with Crippen molar-refractivity contribution in [2.75, 3.05) is 20.3 Å². The third-order valence-corrected chi connectivity index (χ3v) is 4.13. The molecule has 0 fully saturated rings. The third-order valence-electron chi connectivity index (χ3n) is 4.13. The van der Waals surface area contributed by atoms with Gasteiger partial charge in [-0.1, -0.05) is 25.1 Å². The van der Waals surface area contributed by atoms with Crippen LogP contribution in [0, 0.1) is 0 Å². The number of rotatable bonds is 6. The summed E-state index contributed by atoms with van der Waals surface area (Å²) in [4.78, 5) is 25.0. The van der Waals surface area contributed by atoms with Gasteiger partial charge in [0, 0.05) is 24.4 Å². The summed E-state index contributed by atoms with van der Waals surface area (Å²) in [6, 6.07) is 7.18. The first-order valence-electron chi connectivity index (χ1n) is 7.92. The van der Waals surface area contributed by atoms with Crippen molar-refractivity contribution in [2.45, 2.75) is 19.4 Å². The molecule has 1 unspecified atom stereocenters. The molecular weight excluding hydrogens is 308 g/mol. The summed E-state index contributed by atoms with van der Waals surface area (Å²) in [5, 5.41) is 10.9. The molecule has 1 atom stereocenters. The number of aromatic amines is 1. The zero-order chi connectivity index (χ0) is 17.1. The van der Waals surface area contributed by atoms with Gasteiger partial charge < -0.3 is 14.6 Å². The van der Waals surface area contributed by atoms with Gasteiger partial charge in [0.1, 0.15) is 11.6 Å². The van der Waals surface area contributed by atoms with Crippen molar-refractivity contribution in [2.24, 2.45) is 0 Å². The minimum absolute atomic E-state index is 0.131. The number of ether oxygens (including phenoxy) is 1. The first-order chi connectivity index (χ1) is 11.7. The normalized spacial score (nSPS) is 12.6. The highest BCUT2D eigenvalue weighted by atomic mass is 16.5. The molecule has 126 valence electrons. The lowest BCUT2D eigenvalue weighted by molar-refractivity contribution is -0.124. The van der Waals surface area contributed by atoms with Gasteiger partial charge in [-0.3, -0.25) is 9.59 Å². The van der Waals surface area contributed by atoms with Crippen LogP contribution in [-0.4, -0.2) is 40.9 Å². The van der Waals surface area contributed by atoms with Gasteiger partial charge in [-0.15, -0.1) is 0 Å². The molecule has 0 aliphatic carbocycles. The average molecular weight is 328 g/mol. The zero-order valence-electron chi connectivity index (χ0n) is 13.7. The summed E-state index contributed by atoms with van der Waals surface area (Å²) >= 11 is 0. The van der Waals surface area contributed by atoms with Gasteiger partial charge in [-0.2, -0.15) is 5.10 Å². The molecule has 3 aromatic rings. The number of hydrogen-bond acceptors (Lipinski definition) is 4. The Bertz CT molecular complexity index is 928. The van der Waals surface area contributed by atoms with Crippen molar-refractivity contribution in [3.8, 4) is 0 Å². The minimum Gasteiger partial charge on any atom is -0.383 e. The van der Waals surface area contributed by atoms with Crippen molar-refractivity contribution in [3.05, 3.63) is 40.8 Å². The van der Waals surface area contributed by atoms with E-state index in [0.717, 1.165) is 16.3 Å². The number of fused-ring (bicyclic) bond motifs is 3. The highest BCUT2D eigenvalue weighted by molar-refractivity contribution is 6.08. The Morgan fingerprint density at radius 2 is 2.17 bits per heavy atom. The van der Waals surface area contributed by atoms with Crippen LogP contribution in [0.4, 0.5) is 0 Å². The molecule has 3 rings (SSSR count). The molecule has 0 aliphatic rings. The number of nitrogens with one attached hydrogen (secondary N) is 2. The maximum absolute atomic E-state index is 12.6. The number of para-hydroxylation sites is 1. The van der Waals surface area contributed by atoms with E-state index in [4.69, 9.17) is 4.74 Å². The highest BCUT2D eigenvalue weighted by Crippen LogP contribution is 2.30. The molecule has 0 saturated heterocycles. The van der Waals surface area contributed by atoms with Gasteiger partial charge in [-0.25, -0.2) is 5.10 Å². The summed E-state index contributed by atoms with van der Waals surface area (Å²) in [5.41, 5.74) is 1.02. The number of hydrogen-bond donors (Lipinski definition) is 2. The molecule has 0 aliphatic heterocycles. The Labute approximate surface area is 138 Å². The Morgan fingerprint density at radius 3 is 2.92 bits per heavy atom. The second-order valence-electron chi connectivity index (χ2n) is 5.56. The fraction of sp³-hybridized carbons (Fsp3) is 0.353. The number of benzene rings is 1. The fourth-order valence-electron chi connectivity index (χ4n) is 3.06.